The van der Waals surface area contributed by atoms with Crippen molar-refractivity contribution in [2.45, 2.75) is 51.6 Å². The first kappa shape index (κ1) is 14.1. The highest BCUT2D eigenvalue weighted by Crippen LogP contribution is 2.27. The highest BCUT2D eigenvalue weighted by Gasteiger charge is 2.31. The van der Waals surface area contributed by atoms with Crippen LogP contribution >= 0.6 is 0 Å². The van der Waals surface area contributed by atoms with Crippen LogP contribution in [-0.2, 0) is 17.8 Å². The minimum atomic E-state index is 0.274. The Morgan fingerprint density at radius 2 is 1.89 bits per heavy atom. The summed E-state index contributed by atoms with van der Waals surface area (Å²) in [7, 11) is 0. The third-order valence-corrected chi connectivity index (χ3v) is 3.67. The van der Waals surface area contributed by atoms with E-state index in [1.165, 1.54) is 12.8 Å². The van der Waals surface area contributed by atoms with Crippen molar-refractivity contribution in [3.63, 3.8) is 0 Å². The third-order valence-electron chi connectivity index (χ3n) is 3.67. The predicted molar refractivity (Wildman–Crippen MR) is 77.7 cm³/mol. The molecule has 1 aromatic carbocycles. The molecular weight excluding hydrogens is 236 g/mol. The molecule has 1 amide bonds. The average molecular weight is 260 g/mol. The number of carbonyl (C=O) groups is 1. The summed E-state index contributed by atoms with van der Waals surface area (Å²) in [6, 6.07) is 8.57. The maximum atomic E-state index is 12.4. The van der Waals surface area contributed by atoms with Crippen LogP contribution in [0.2, 0.25) is 0 Å². The normalized spacial score (nSPS) is 14.4. The second-order valence-corrected chi connectivity index (χ2v) is 5.37. The molecule has 2 N–H and O–H groups in total. The highest BCUT2D eigenvalue weighted by molar-refractivity contribution is 5.79. The molecule has 19 heavy (non-hydrogen) atoms. The molecule has 0 heterocycles. The first-order valence-electron chi connectivity index (χ1n) is 7.32. The molecule has 1 aliphatic rings. The summed E-state index contributed by atoms with van der Waals surface area (Å²) in [5.74, 6) is 0.274. The van der Waals surface area contributed by atoms with E-state index in [4.69, 9.17) is 5.73 Å². The first-order valence-corrected chi connectivity index (χ1v) is 7.32. The van der Waals surface area contributed by atoms with Crippen LogP contribution in [0.25, 0.3) is 0 Å². The summed E-state index contributed by atoms with van der Waals surface area (Å²) in [5, 5.41) is 0. The highest BCUT2D eigenvalue weighted by atomic mass is 16.2. The van der Waals surface area contributed by atoms with E-state index in [0.29, 0.717) is 19.0 Å². The quantitative estimate of drug-likeness (QED) is 0.818. The predicted octanol–water partition coefficient (Wildman–Crippen LogP) is 2.48. The zero-order chi connectivity index (χ0) is 13.7. The Labute approximate surface area is 115 Å². The summed E-state index contributed by atoms with van der Waals surface area (Å²) in [6.45, 7) is 3.64. The van der Waals surface area contributed by atoms with Crippen LogP contribution in [0.3, 0.4) is 0 Å². The second kappa shape index (κ2) is 6.71. The number of unbranched alkanes of at least 4 members (excludes halogenated alkanes) is 1. The lowest BCUT2D eigenvalue weighted by Crippen LogP contribution is -2.35. The molecule has 104 valence electrons. The molecule has 1 aliphatic carbocycles. The Balaban J connectivity index is 1.93. The van der Waals surface area contributed by atoms with Crippen LogP contribution < -0.4 is 5.73 Å². The van der Waals surface area contributed by atoms with Crippen molar-refractivity contribution in [1.29, 1.82) is 0 Å². The lowest BCUT2D eigenvalue weighted by molar-refractivity contribution is -0.131. The maximum absolute atomic E-state index is 12.4. The van der Waals surface area contributed by atoms with Crippen LogP contribution in [-0.4, -0.2) is 23.4 Å². The van der Waals surface area contributed by atoms with Crippen molar-refractivity contribution in [3.05, 3.63) is 35.4 Å². The van der Waals surface area contributed by atoms with Gasteiger partial charge in [-0.2, -0.15) is 0 Å². The van der Waals surface area contributed by atoms with Crippen LogP contribution in [0.15, 0.2) is 24.3 Å². The van der Waals surface area contributed by atoms with E-state index >= 15 is 0 Å². The summed E-state index contributed by atoms with van der Waals surface area (Å²) in [6.07, 6.45) is 5.13. The van der Waals surface area contributed by atoms with Crippen LogP contribution in [0.5, 0.6) is 0 Å². The van der Waals surface area contributed by atoms with E-state index in [0.717, 1.165) is 30.5 Å². The van der Waals surface area contributed by atoms with E-state index in [1.54, 1.807) is 0 Å². The Bertz CT molecular complexity index is 409. The molecule has 3 heteroatoms. The molecule has 0 spiro atoms. The number of nitrogens with zero attached hydrogens (tertiary/aromatic N) is 1. The largest absolute Gasteiger partial charge is 0.339 e. The number of hydrogen-bond acceptors (Lipinski definition) is 2. The van der Waals surface area contributed by atoms with Gasteiger partial charge in [-0.05, 0) is 30.4 Å². The Morgan fingerprint density at radius 3 is 2.42 bits per heavy atom. The smallest absolute Gasteiger partial charge is 0.227 e. The van der Waals surface area contributed by atoms with Gasteiger partial charge in [-0.3, -0.25) is 4.79 Å². The molecule has 0 atom stereocenters. The monoisotopic (exact) mass is 260 g/mol. The van der Waals surface area contributed by atoms with Gasteiger partial charge in [0.05, 0.1) is 6.42 Å². The summed E-state index contributed by atoms with van der Waals surface area (Å²) < 4.78 is 0. The molecule has 2 rings (SSSR count). The second-order valence-electron chi connectivity index (χ2n) is 5.37. The number of hydrogen-bond donors (Lipinski definition) is 1. The minimum absolute atomic E-state index is 0.274. The van der Waals surface area contributed by atoms with Gasteiger partial charge in [-0.15, -0.1) is 0 Å². The van der Waals surface area contributed by atoms with Gasteiger partial charge in [0, 0.05) is 19.1 Å². The van der Waals surface area contributed by atoms with Crippen molar-refractivity contribution in [2.75, 3.05) is 6.54 Å². The number of rotatable bonds is 7. The molecule has 0 unspecified atom stereocenters. The van der Waals surface area contributed by atoms with Crippen LogP contribution in [0.1, 0.15) is 43.7 Å². The Morgan fingerprint density at radius 1 is 1.26 bits per heavy atom. The van der Waals surface area contributed by atoms with E-state index in [1.807, 2.05) is 24.3 Å². The summed E-state index contributed by atoms with van der Waals surface area (Å²) >= 11 is 0. The van der Waals surface area contributed by atoms with Gasteiger partial charge < -0.3 is 10.6 Å². The summed E-state index contributed by atoms with van der Waals surface area (Å²) in [5.41, 5.74) is 7.78. The van der Waals surface area contributed by atoms with E-state index < -0.39 is 0 Å². The molecule has 0 aromatic heterocycles. The average Bonchev–Trinajstić information content (AvgIpc) is 3.25. The molecular formula is C16H24N2O. The fraction of sp³-hybridized carbons (Fsp3) is 0.562. The van der Waals surface area contributed by atoms with Gasteiger partial charge in [-0.1, -0.05) is 37.6 Å². The zero-order valence-corrected chi connectivity index (χ0v) is 11.8. The van der Waals surface area contributed by atoms with Gasteiger partial charge in [0.2, 0.25) is 5.91 Å². The van der Waals surface area contributed by atoms with Crippen LogP contribution in [0.4, 0.5) is 0 Å². The SMILES string of the molecule is CCCCN(C(=O)Cc1ccc(CN)cc1)C1CC1. The third kappa shape index (κ3) is 4.06. The van der Waals surface area contributed by atoms with E-state index in [-0.39, 0.29) is 5.91 Å². The fourth-order valence-electron chi connectivity index (χ4n) is 2.29. The van der Waals surface area contributed by atoms with Crippen molar-refractivity contribution in [3.8, 4) is 0 Å². The number of nitrogens with two attached hydrogens (primary N) is 1. The van der Waals surface area contributed by atoms with Crippen LogP contribution in [0, 0.1) is 0 Å². The van der Waals surface area contributed by atoms with Crippen molar-refractivity contribution in [1.82, 2.24) is 4.90 Å². The van der Waals surface area contributed by atoms with E-state index in [2.05, 4.69) is 11.8 Å². The maximum Gasteiger partial charge on any atom is 0.227 e. The topological polar surface area (TPSA) is 46.3 Å². The Hall–Kier alpha value is -1.35. The molecule has 0 aliphatic heterocycles. The lowest BCUT2D eigenvalue weighted by atomic mass is 10.1. The molecule has 1 aromatic rings. The standard InChI is InChI=1S/C16H24N2O/c1-2-3-10-18(15-8-9-15)16(19)11-13-4-6-14(12-17)7-5-13/h4-7,15H,2-3,8-12,17H2,1H3. The van der Waals surface area contributed by atoms with Gasteiger partial charge in [0.25, 0.3) is 0 Å². The van der Waals surface area contributed by atoms with Crippen molar-refractivity contribution < 1.29 is 4.79 Å². The minimum Gasteiger partial charge on any atom is -0.339 e. The fourth-order valence-corrected chi connectivity index (χ4v) is 2.29. The van der Waals surface area contributed by atoms with Gasteiger partial charge in [0.15, 0.2) is 0 Å². The summed E-state index contributed by atoms with van der Waals surface area (Å²) in [4.78, 5) is 14.4. The van der Waals surface area contributed by atoms with Gasteiger partial charge >= 0.3 is 0 Å². The zero-order valence-electron chi connectivity index (χ0n) is 11.8. The van der Waals surface area contributed by atoms with Crippen molar-refractivity contribution >= 4 is 5.91 Å². The number of carbonyl (C=O) groups excluding carboxylic acids is 1. The molecule has 1 fully saturated rings. The van der Waals surface area contributed by atoms with E-state index in [9.17, 15) is 4.79 Å². The molecule has 0 bridgehead atoms. The number of benzene rings is 1. The lowest BCUT2D eigenvalue weighted by Gasteiger charge is -2.22. The first-order chi connectivity index (χ1) is 9.24. The Kier molecular flexibility index (Phi) is 4.97. The van der Waals surface area contributed by atoms with Gasteiger partial charge in [0.1, 0.15) is 0 Å². The number of amides is 1. The molecule has 0 saturated heterocycles. The van der Waals surface area contributed by atoms with Crippen molar-refractivity contribution in [2.24, 2.45) is 5.73 Å². The molecule has 0 radical (unpaired) electrons. The van der Waals surface area contributed by atoms with Gasteiger partial charge in [-0.25, -0.2) is 0 Å². The molecule has 3 nitrogen and oxygen atoms in total. The molecule has 1 saturated carbocycles.